The minimum atomic E-state index is -1.18. The van der Waals surface area contributed by atoms with Crippen LogP contribution in [0.2, 0.25) is 0 Å². The molecule has 0 saturated carbocycles. The van der Waals surface area contributed by atoms with Crippen LogP contribution >= 0.6 is 0 Å². The summed E-state index contributed by atoms with van der Waals surface area (Å²) >= 11 is 0. The molecule has 0 bridgehead atoms. The number of urea groups is 1. The van der Waals surface area contributed by atoms with Gasteiger partial charge in [-0.3, -0.25) is 4.79 Å². The van der Waals surface area contributed by atoms with Gasteiger partial charge in [0.1, 0.15) is 0 Å². The second-order valence-corrected chi connectivity index (χ2v) is 5.16. The molecule has 2 rings (SSSR count). The monoisotopic (exact) mass is 334 g/mol. The van der Waals surface area contributed by atoms with Crippen molar-refractivity contribution in [1.29, 1.82) is 0 Å². The molecular formula is C17H16F2N2O3. The number of Topliss-reactive ketones (excluding diaryl/α,β-unsaturated/α-hetero) is 1. The maximum atomic E-state index is 13.1. The maximum absolute atomic E-state index is 13.1. The van der Waals surface area contributed by atoms with Gasteiger partial charge in [0.15, 0.2) is 17.4 Å². The Balaban J connectivity index is 1.88. The van der Waals surface area contributed by atoms with Gasteiger partial charge in [-0.1, -0.05) is 6.07 Å². The molecule has 0 spiro atoms. The third kappa shape index (κ3) is 4.60. The van der Waals surface area contributed by atoms with Crippen LogP contribution in [0.15, 0.2) is 42.5 Å². The van der Waals surface area contributed by atoms with Gasteiger partial charge in [-0.15, -0.1) is 0 Å². The topological polar surface area (TPSA) is 78.4 Å². The summed E-state index contributed by atoms with van der Waals surface area (Å²) in [7, 11) is 0. The number of anilines is 1. The molecule has 3 N–H and O–H groups in total. The van der Waals surface area contributed by atoms with E-state index in [1.807, 2.05) is 0 Å². The van der Waals surface area contributed by atoms with E-state index in [0.717, 1.165) is 12.1 Å². The van der Waals surface area contributed by atoms with Gasteiger partial charge in [-0.05, 0) is 48.9 Å². The van der Waals surface area contributed by atoms with Crippen LogP contribution in [0, 0.1) is 11.6 Å². The lowest BCUT2D eigenvalue weighted by Gasteiger charge is -2.13. The number of carbonyl (C=O) groups excluding carboxylic acids is 2. The van der Waals surface area contributed by atoms with Crippen LogP contribution < -0.4 is 10.6 Å². The molecule has 0 heterocycles. The molecule has 2 amide bonds. The normalized spacial score (nSPS) is 11.7. The van der Waals surface area contributed by atoms with Crippen LogP contribution in [0.1, 0.15) is 28.9 Å². The lowest BCUT2D eigenvalue weighted by atomic mass is 10.1. The van der Waals surface area contributed by atoms with Gasteiger partial charge in [0, 0.05) is 17.8 Å². The summed E-state index contributed by atoms with van der Waals surface area (Å²) in [5, 5.41) is 14.8. The van der Waals surface area contributed by atoms with Crippen molar-refractivity contribution in [2.24, 2.45) is 0 Å². The number of hydrogen-bond acceptors (Lipinski definition) is 3. The molecule has 0 aliphatic carbocycles. The molecule has 126 valence electrons. The van der Waals surface area contributed by atoms with Crippen molar-refractivity contribution in [2.45, 2.75) is 13.0 Å². The van der Waals surface area contributed by atoms with Crippen molar-refractivity contribution in [3.05, 3.63) is 65.2 Å². The van der Waals surface area contributed by atoms with Gasteiger partial charge in [-0.25, -0.2) is 13.6 Å². The molecule has 0 aromatic heterocycles. The summed E-state index contributed by atoms with van der Waals surface area (Å²) in [5.74, 6) is -2.16. The number of nitrogens with one attached hydrogen (secondary N) is 2. The van der Waals surface area contributed by atoms with E-state index in [0.29, 0.717) is 11.3 Å². The van der Waals surface area contributed by atoms with E-state index in [1.165, 1.54) is 13.0 Å². The van der Waals surface area contributed by atoms with Gasteiger partial charge in [-0.2, -0.15) is 0 Å². The number of aliphatic hydroxyl groups excluding tert-OH is 1. The quantitative estimate of drug-likeness (QED) is 0.736. The zero-order valence-electron chi connectivity index (χ0n) is 12.8. The molecule has 5 nitrogen and oxygen atoms in total. The molecule has 0 aliphatic heterocycles. The molecule has 2 aromatic rings. The summed E-state index contributed by atoms with van der Waals surface area (Å²) in [6.07, 6.45) is -1.18. The fourth-order valence-electron chi connectivity index (χ4n) is 1.99. The molecule has 0 radical (unpaired) electrons. The zero-order valence-corrected chi connectivity index (χ0v) is 12.8. The van der Waals surface area contributed by atoms with E-state index in [4.69, 9.17) is 0 Å². The number of halogens is 2. The highest BCUT2D eigenvalue weighted by molar-refractivity contribution is 5.95. The van der Waals surface area contributed by atoms with Crippen molar-refractivity contribution >= 4 is 17.5 Å². The second-order valence-electron chi connectivity index (χ2n) is 5.16. The number of hydrogen-bond donors (Lipinski definition) is 3. The third-order valence-corrected chi connectivity index (χ3v) is 3.33. The Hall–Kier alpha value is -2.80. The zero-order chi connectivity index (χ0) is 17.7. The average molecular weight is 334 g/mol. The van der Waals surface area contributed by atoms with E-state index in [1.54, 1.807) is 24.3 Å². The van der Waals surface area contributed by atoms with E-state index in [-0.39, 0.29) is 17.9 Å². The second kappa shape index (κ2) is 7.65. The largest absolute Gasteiger partial charge is 0.387 e. The molecule has 0 saturated heterocycles. The number of carbonyl (C=O) groups is 2. The van der Waals surface area contributed by atoms with Gasteiger partial charge in [0.2, 0.25) is 0 Å². The Morgan fingerprint density at radius 3 is 2.33 bits per heavy atom. The first-order valence-electron chi connectivity index (χ1n) is 7.15. The van der Waals surface area contributed by atoms with Crippen LogP contribution in [0.4, 0.5) is 19.3 Å². The van der Waals surface area contributed by atoms with Crippen LogP contribution in [0.5, 0.6) is 0 Å². The summed E-state index contributed by atoms with van der Waals surface area (Å²) in [6, 6.07) is 8.74. The van der Waals surface area contributed by atoms with Crippen LogP contribution in [0.25, 0.3) is 0 Å². The van der Waals surface area contributed by atoms with Crippen LogP contribution in [-0.2, 0) is 0 Å². The maximum Gasteiger partial charge on any atom is 0.319 e. The summed E-state index contributed by atoms with van der Waals surface area (Å²) in [4.78, 5) is 22.9. The predicted octanol–water partition coefficient (Wildman–Crippen LogP) is 3.02. The fourth-order valence-corrected chi connectivity index (χ4v) is 1.99. The summed E-state index contributed by atoms with van der Waals surface area (Å²) in [5.41, 5.74) is 1.15. The molecule has 0 fully saturated rings. The molecule has 24 heavy (non-hydrogen) atoms. The first-order valence-corrected chi connectivity index (χ1v) is 7.15. The minimum Gasteiger partial charge on any atom is -0.387 e. The van der Waals surface area contributed by atoms with Crippen molar-refractivity contribution in [2.75, 3.05) is 11.9 Å². The summed E-state index contributed by atoms with van der Waals surface area (Å²) in [6.45, 7) is 1.26. The van der Waals surface area contributed by atoms with Gasteiger partial charge in [0.05, 0.1) is 6.10 Å². The SMILES string of the molecule is CC(=O)c1ccc(NC(=O)NC[C@@H](O)c2ccc(F)c(F)c2)cc1. The van der Waals surface area contributed by atoms with Crippen LogP contribution in [-0.4, -0.2) is 23.5 Å². The first kappa shape index (κ1) is 17.6. The molecular weight excluding hydrogens is 318 g/mol. The Kier molecular flexibility index (Phi) is 5.59. The number of amides is 2. The number of ketones is 1. The molecule has 0 aliphatic rings. The average Bonchev–Trinajstić information content (AvgIpc) is 2.55. The van der Waals surface area contributed by atoms with E-state index < -0.39 is 23.8 Å². The lowest BCUT2D eigenvalue weighted by molar-refractivity contribution is 0.101. The standard InChI is InChI=1S/C17H16F2N2O3/c1-10(22)11-2-5-13(6-3-11)21-17(24)20-9-16(23)12-4-7-14(18)15(19)8-12/h2-8,16,23H,9H2,1H3,(H2,20,21,24)/t16-/m1/s1. The van der Waals surface area contributed by atoms with E-state index >= 15 is 0 Å². The van der Waals surface area contributed by atoms with Gasteiger partial charge < -0.3 is 15.7 Å². The highest BCUT2D eigenvalue weighted by atomic mass is 19.2. The Morgan fingerprint density at radius 1 is 1.08 bits per heavy atom. The fraction of sp³-hybridized carbons (Fsp3) is 0.176. The smallest absolute Gasteiger partial charge is 0.319 e. The highest BCUT2D eigenvalue weighted by Gasteiger charge is 2.12. The highest BCUT2D eigenvalue weighted by Crippen LogP contribution is 2.16. The van der Waals surface area contributed by atoms with Crippen molar-refractivity contribution in [3.8, 4) is 0 Å². The molecule has 0 unspecified atom stereocenters. The lowest BCUT2D eigenvalue weighted by Crippen LogP contribution is -2.32. The number of aliphatic hydroxyl groups is 1. The van der Waals surface area contributed by atoms with Crippen LogP contribution in [0.3, 0.4) is 0 Å². The number of benzene rings is 2. The van der Waals surface area contributed by atoms with Gasteiger partial charge in [0.25, 0.3) is 0 Å². The van der Waals surface area contributed by atoms with Crippen molar-refractivity contribution in [1.82, 2.24) is 5.32 Å². The van der Waals surface area contributed by atoms with Crippen molar-refractivity contribution in [3.63, 3.8) is 0 Å². The van der Waals surface area contributed by atoms with E-state index in [2.05, 4.69) is 10.6 Å². The minimum absolute atomic E-state index is 0.0827. The Bertz CT molecular complexity index is 748. The van der Waals surface area contributed by atoms with Crippen molar-refractivity contribution < 1.29 is 23.5 Å². The van der Waals surface area contributed by atoms with E-state index in [9.17, 15) is 23.5 Å². The number of rotatable bonds is 5. The Labute approximate surface area is 137 Å². The molecule has 2 aromatic carbocycles. The third-order valence-electron chi connectivity index (χ3n) is 3.33. The predicted molar refractivity (Wildman–Crippen MR) is 84.8 cm³/mol. The van der Waals surface area contributed by atoms with Gasteiger partial charge >= 0.3 is 6.03 Å². The first-order chi connectivity index (χ1) is 11.4. The summed E-state index contributed by atoms with van der Waals surface area (Å²) < 4.78 is 25.9. The Morgan fingerprint density at radius 2 is 1.75 bits per heavy atom. The molecule has 7 heteroatoms. The molecule has 1 atom stereocenters.